The largest absolute Gasteiger partial charge is 0.346 e. The standard InChI is InChI=1S/C17H15NO7S2/c19-16-15(17(20)25-18-16)14(27(23,24)13-9-5-2-6-10-13)11-26(21,22)12-7-3-1-4-8-12/h1-10,14-15H,11H2,(H,18,19). The number of nitrogens with one attached hydrogen (secondary N) is 1. The van der Waals surface area contributed by atoms with Crippen molar-refractivity contribution in [3.8, 4) is 0 Å². The molecule has 3 rings (SSSR count). The lowest BCUT2D eigenvalue weighted by molar-refractivity contribution is -0.146. The number of hydrogen-bond acceptors (Lipinski definition) is 7. The van der Waals surface area contributed by atoms with Gasteiger partial charge in [0.1, 0.15) is 5.25 Å². The summed E-state index contributed by atoms with van der Waals surface area (Å²) in [5, 5.41) is -1.83. The second-order valence-corrected chi connectivity index (χ2v) is 10.1. The van der Waals surface area contributed by atoms with E-state index in [4.69, 9.17) is 0 Å². The number of sulfone groups is 2. The molecule has 2 atom stereocenters. The molecule has 0 bridgehead atoms. The average Bonchev–Trinajstić information content (AvgIpc) is 2.99. The fraction of sp³-hybridized carbons (Fsp3) is 0.176. The first-order valence-electron chi connectivity index (χ1n) is 7.81. The lowest BCUT2D eigenvalue weighted by Crippen LogP contribution is -2.42. The molecule has 2 aromatic carbocycles. The second kappa shape index (κ2) is 7.12. The number of hydrogen-bond donors (Lipinski definition) is 1. The van der Waals surface area contributed by atoms with Gasteiger partial charge in [-0.15, -0.1) is 0 Å². The molecular weight excluding hydrogens is 394 g/mol. The maximum atomic E-state index is 13.1. The molecule has 2 aromatic rings. The molecule has 0 saturated carbocycles. The molecule has 142 valence electrons. The molecule has 1 fully saturated rings. The van der Waals surface area contributed by atoms with Crippen LogP contribution in [-0.2, 0) is 34.1 Å². The van der Waals surface area contributed by atoms with Crippen LogP contribution in [-0.4, -0.2) is 39.7 Å². The summed E-state index contributed by atoms with van der Waals surface area (Å²) in [5.41, 5.74) is 1.80. The molecule has 1 amide bonds. The quantitative estimate of drug-likeness (QED) is 0.689. The fourth-order valence-electron chi connectivity index (χ4n) is 2.75. The molecule has 1 heterocycles. The van der Waals surface area contributed by atoms with Gasteiger partial charge in [-0.2, -0.15) is 5.48 Å². The van der Waals surface area contributed by atoms with Crippen LogP contribution in [0, 0.1) is 5.92 Å². The third kappa shape index (κ3) is 3.71. The number of carbonyl (C=O) groups is 2. The molecular formula is C17H15NO7S2. The number of carbonyl (C=O) groups excluding carboxylic acids is 2. The van der Waals surface area contributed by atoms with E-state index in [1.807, 2.05) is 0 Å². The highest BCUT2D eigenvalue weighted by Crippen LogP contribution is 2.28. The number of rotatable bonds is 6. The molecule has 8 nitrogen and oxygen atoms in total. The predicted molar refractivity (Wildman–Crippen MR) is 93.6 cm³/mol. The third-order valence-corrected chi connectivity index (χ3v) is 8.28. The van der Waals surface area contributed by atoms with Gasteiger partial charge in [0.05, 0.1) is 15.5 Å². The highest BCUT2D eigenvalue weighted by molar-refractivity contribution is 7.95. The van der Waals surface area contributed by atoms with Crippen molar-refractivity contribution in [3.63, 3.8) is 0 Å². The zero-order valence-electron chi connectivity index (χ0n) is 13.8. The first-order valence-corrected chi connectivity index (χ1v) is 11.0. The summed E-state index contributed by atoms with van der Waals surface area (Å²) in [4.78, 5) is 28.1. The minimum atomic E-state index is -4.33. The molecule has 27 heavy (non-hydrogen) atoms. The van der Waals surface area contributed by atoms with E-state index in [1.165, 1.54) is 48.5 Å². The second-order valence-electron chi connectivity index (χ2n) is 5.86. The van der Waals surface area contributed by atoms with Crippen molar-refractivity contribution in [2.45, 2.75) is 15.0 Å². The van der Waals surface area contributed by atoms with E-state index in [2.05, 4.69) is 4.84 Å². The maximum Gasteiger partial charge on any atom is 0.346 e. The predicted octanol–water partition coefficient (Wildman–Crippen LogP) is 0.507. The van der Waals surface area contributed by atoms with Crippen molar-refractivity contribution in [2.24, 2.45) is 5.92 Å². The molecule has 0 aromatic heterocycles. The zero-order valence-corrected chi connectivity index (χ0v) is 15.4. The van der Waals surface area contributed by atoms with Crippen LogP contribution >= 0.6 is 0 Å². The van der Waals surface area contributed by atoms with Gasteiger partial charge in [-0.3, -0.25) is 4.79 Å². The van der Waals surface area contributed by atoms with Gasteiger partial charge in [0.25, 0.3) is 5.91 Å². The molecule has 0 aliphatic carbocycles. The summed E-state index contributed by atoms with van der Waals surface area (Å²) in [6.07, 6.45) is 0. The van der Waals surface area contributed by atoms with Gasteiger partial charge in [0.15, 0.2) is 25.6 Å². The normalized spacial score (nSPS) is 18.6. The molecule has 1 N–H and O–H groups in total. The van der Waals surface area contributed by atoms with E-state index in [0.717, 1.165) is 0 Å². The minimum Gasteiger partial charge on any atom is -0.340 e. The molecule has 1 saturated heterocycles. The van der Waals surface area contributed by atoms with Crippen LogP contribution < -0.4 is 5.48 Å². The van der Waals surface area contributed by atoms with Crippen LogP contribution in [0.3, 0.4) is 0 Å². The highest BCUT2D eigenvalue weighted by atomic mass is 32.2. The van der Waals surface area contributed by atoms with Crippen molar-refractivity contribution in [3.05, 3.63) is 60.7 Å². The Hall–Kier alpha value is -2.72. The van der Waals surface area contributed by atoms with Gasteiger partial charge >= 0.3 is 5.97 Å². The smallest absolute Gasteiger partial charge is 0.340 e. The van der Waals surface area contributed by atoms with Crippen LogP contribution in [0.1, 0.15) is 0 Å². The number of amides is 1. The van der Waals surface area contributed by atoms with E-state index < -0.39 is 48.5 Å². The third-order valence-electron chi connectivity index (χ3n) is 4.12. The van der Waals surface area contributed by atoms with Crippen molar-refractivity contribution < 1.29 is 31.3 Å². The first-order chi connectivity index (χ1) is 12.7. The summed E-state index contributed by atoms with van der Waals surface area (Å²) in [5.74, 6) is -4.85. The average molecular weight is 409 g/mol. The van der Waals surface area contributed by atoms with E-state index in [0.29, 0.717) is 0 Å². The lowest BCUT2D eigenvalue weighted by atomic mass is 10.1. The van der Waals surface area contributed by atoms with Gasteiger partial charge in [-0.05, 0) is 24.3 Å². The van der Waals surface area contributed by atoms with Crippen molar-refractivity contribution in [2.75, 3.05) is 5.75 Å². The first kappa shape index (κ1) is 19.1. The van der Waals surface area contributed by atoms with Gasteiger partial charge < -0.3 is 4.84 Å². The Morgan fingerprint density at radius 2 is 1.37 bits per heavy atom. The van der Waals surface area contributed by atoms with Gasteiger partial charge in [0, 0.05) is 0 Å². The Balaban J connectivity index is 2.09. The van der Waals surface area contributed by atoms with E-state index >= 15 is 0 Å². The molecule has 10 heteroatoms. The van der Waals surface area contributed by atoms with Crippen molar-refractivity contribution in [1.29, 1.82) is 0 Å². The molecule has 0 radical (unpaired) electrons. The van der Waals surface area contributed by atoms with Crippen LogP contribution in [0.4, 0.5) is 0 Å². The SMILES string of the molecule is O=C1NOC(=O)C1C(CS(=O)(=O)c1ccccc1)S(=O)(=O)c1ccccc1. The van der Waals surface area contributed by atoms with Crippen LogP contribution in [0.15, 0.2) is 70.5 Å². The summed E-state index contributed by atoms with van der Waals surface area (Å²) in [7, 11) is -8.43. The summed E-state index contributed by atoms with van der Waals surface area (Å²) >= 11 is 0. The summed E-state index contributed by atoms with van der Waals surface area (Å²) in [6.45, 7) is 0. The molecule has 0 spiro atoms. The van der Waals surface area contributed by atoms with Crippen LogP contribution in [0.2, 0.25) is 0 Å². The Morgan fingerprint density at radius 1 is 0.852 bits per heavy atom. The minimum absolute atomic E-state index is 0.106. The Kier molecular flexibility index (Phi) is 5.03. The highest BCUT2D eigenvalue weighted by Gasteiger charge is 2.50. The lowest BCUT2D eigenvalue weighted by Gasteiger charge is -2.19. The van der Waals surface area contributed by atoms with E-state index in [1.54, 1.807) is 17.6 Å². The molecule has 1 aliphatic rings. The Bertz CT molecular complexity index is 1050. The van der Waals surface area contributed by atoms with Crippen molar-refractivity contribution in [1.82, 2.24) is 5.48 Å². The Morgan fingerprint density at radius 3 is 1.85 bits per heavy atom. The molecule has 1 aliphatic heterocycles. The van der Waals surface area contributed by atoms with Gasteiger partial charge in [-0.25, -0.2) is 21.6 Å². The fourth-order valence-corrected chi connectivity index (χ4v) is 6.87. The van der Waals surface area contributed by atoms with E-state index in [-0.39, 0.29) is 9.79 Å². The summed E-state index contributed by atoms with van der Waals surface area (Å²) < 4.78 is 51.6. The molecule has 2 unspecified atom stereocenters. The van der Waals surface area contributed by atoms with Crippen molar-refractivity contribution >= 4 is 31.6 Å². The van der Waals surface area contributed by atoms with Gasteiger partial charge in [0.2, 0.25) is 0 Å². The Labute approximate surface area is 155 Å². The van der Waals surface area contributed by atoms with Crippen LogP contribution in [0.25, 0.3) is 0 Å². The monoisotopic (exact) mass is 409 g/mol. The zero-order chi connectivity index (χ0) is 19.7. The topological polar surface area (TPSA) is 124 Å². The number of benzene rings is 2. The van der Waals surface area contributed by atoms with E-state index in [9.17, 15) is 26.4 Å². The maximum absolute atomic E-state index is 13.1. The van der Waals surface area contributed by atoms with Crippen LogP contribution in [0.5, 0.6) is 0 Å². The summed E-state index contributed by atoms with van der Waals surface area (Å²) in [6, 6.07) is 14.3. The number of hydroxylamine groups is 1. The van der Waals surface area contributed by atoms with Gasteiger partial charge in [-0.1, -0.05) is 36.4 Å².